The Kier molecular flexibility index (Phi) is 4.73. The third-order valence-corrected chi connectivity index (χ3v) is 3.46. The second-order valence-corrected chi connectivity index (χ2v) is 5.40. The number of alkyl halides is 6. The molecule has 0 saturated carbocycles. The summed E-state index contributed by atoms with van der Waals surface area (Å²) in [5, 5.41) is 3.32. The molecule has 0 unspecified atom stereocenters. The van der Waals surface area contributed by atoms with Crippen LogP contribution < -0.4 is 5.43 Å². The smallest absolute Gasteiger partial charge is 0.261 e. The zero-order valence-electron chi connectivity index (χ0n) is 13.3. The van der Waals surface area contributed by atoms with Crippen molar-refractivity contribution in [1.29, 1.82) is 0 Å². The highest BCUT2D eigenvalue weighted by Crippen LogP contribution is 2.38. The molecule has 0 spiro atoms. The lowest BCUT2D eigenvalue weighted by molar-refractivity contribution is -0.144. The van der Waals surface area contributed by atoms with Crippen LogP contribution in [0.2, 0.25) is 0 Å². The molecule has 140 valence electrons. The maximum absolute atomic E-state index is 13.1. The molecule has 3 rings (SSSR count). The van der Waals surface area contributed by atoms with Crippen molar-refractivity contribution in [3.63, 3.8) is 0 Å². The number of hydrazone groups is 1. The molecule has 27 heavy (non-hydrogen) atoms. The summed E-state index contributed by atoms with van der Waals surface area (Å²) in [5.41, 5.74) is -0.606. The molecule has 10 heteroatoms. The number of aromatic nitrogens is 2. The third-order valence-electron chi connectivity index (χ3n) is 3.46. The molecule has 4 nitrogen and oxygen atoms in total. The predicted octanol–water partition coefficient (Wildman–Crippen LogP) is 5.11. The highest BCUT2D eigenvalue weighted by Gasteiger charge is 2.39. The van der Waals surface area contributed by atoms with Crippen LogP contribution in [0.5, 0.6) is 0 Å². The average molecular weight is 384 g/mol. The molecule has 2 heterocycles. The van der Waals surface area contributed by atoms with Gasteiger partial charge in [-0.25, -0.2) is 9.97 Å². The molecule has 1 N–H and O–H groups in total. The molecule has 2 aromatic heterocycles. The Balaban J connectivity index is 1.99. The topological polar surface area (TPSA) is 50.2 Å². The first kappa shape index (κ1) is 18.6. The second kappa shape index (κ2) is 6.86. The summed E-state index contributed by atoms with van der Waals surface area (Å²) in [6.45, 7) is 0. The molecule has 0 amide bonds. The number of fused-ring (bicyclic) bond motifs is 1. The summed E-state index contributed by atoms with van der Waals surface area (Å²) in [6.07, 6.45) is -8.60. The number of rotatable bonds is 3. The van der Waals surface area contributed by atoms with Crippen molar-refractivity contribution < 1.29 is 26.3 Å². The number of anilines is 1. The summed E-state index contributed by atoms with van der Waals surface area (Å²) >= 11 is 0. The Morgan fingerprint density at radius 2 is 1.56 bits per heavy atom. The number of hydrogen-bond donors (Lipinski definition) is 1. The Morgan fingerprint density at radius 1 is 0.852 bits per heavy atom. The van der Waals surface area contributed by atoms with E-state index < -0.39 is 34.6 Å². The number of halogens is 6. The zero-order valence-corrected chi connectivity index (χ0v) is 13.3. The summed E-state index contributed by atoms with van der Waals surface area (Å²) in [6, 6.07) is 11.0. The molecule has 1 aromatic carbocycles. The van der Waals surface area contributed by atoms with E-state index >= 15 is 0 Å². The van der Waals surface area contributed by atoms with Crippen LogP contribution >= 0.6 is 0 Å². The van der Waals surface area contributed by atoms with Gasteiger partial charge in [0.05, 0.1) is 11.8 Å². The van der Waals surface area contributed by atoms with Gasteiger partial charge in [0.25, 0.3) is 0 Å². The van der Waals surface area contributed by atoms with Gasteiger partial charge in [0, 0.05) is 5.39 Å². The highest BCUT2D eigenvalue weighted by atomic mass is 19.4. The fourth-order valence-electron chi connectivity index (χ4n) is 2.26. The van der Waals surface area contributed by atoms with E-state index in [9.17, 15) is 26.3 Å². The molecule has 0 saturated heterocycles. The summed E-state index contributed by atoms with van der Waals surface area (Å²) < 4.78 is 78.0. The minimum absolute atomic E-state index is 0.0231. The van der Waals surface area contributed by atoms with E-state index in [0.717, 1.165) is 11.6 Å². The van der Waals surface area contributed by atoms with Crippen molar-refractivity contribution in [2.75, 3.05) is 5.43 Å². The highest BCUT2D eigenvalue weighted by molar-refractivity contribution is 5.82. The number of benzene rings is 1. The van der Waals surface area contributed by atoms with Crippen LogP contribution in [0, 0.1) is 0 Å². The fourth-order valence-corrected chi connectivity index (χ4v) is 2.26. The largest absolute Gasteiger partial charge is 0.433 e. The van der Waals surface area contributed by atoms with E-state index in [2.05, 4.69) is 20.5 Å². The maximum atomic E-state index is 13.1. The van der Waals surface area contributed by atoms with Crippen LogP contribution in [0.1, 0.15) is 16.8 Å². The van der Waals surface area contributed by atoms with Crippen molar-refractivity contribution in [3.8, 4) is 0 Å². The quantitative estimate of drug-likeness (QED) is 0.388. The van der Waals surface area contributed by atoms with Crippen LogP contribution in [0.15, 0.2) is 53.6 Å². The third kappa shape index (κ3) is 4.33. The van der Waals surface area contributed by atoms with Gasteiger partial charge in [-0.2, -0.15) is 31.4 Å². The molecule has 0 atom stereocenters. The molecule has 0 aliphatic rings. The van der Waals surface area contributed by atoms with Crippen molar-refractivity contribution in [2.24, 2.45) is 5.10 Å². The van der Waals surface area contributed by atoms with Gasteiger partial charge in [-0.05, 0) is 23.8 Å². The molecular weight excluding hydrogens is 374 g/mol. The normalized spacial score (nSPS) is 12.7. The first-order valence-corrected chi connectivity index (χ1v) is 7.45. The van der Waals surface area contributed by atoms with Crippen molar-refractivity contribution >= 4 is 23.1 Å². The molecule has 0 bridgehead atoms. The maximum Gasteiger partial charge on any atom is 0.433 e. The van der Waals surface area contributed by atoms with Crippen LogP contribution in [0.25, 0.3) is 11.0 Å². The minimum Gasteiger partial charge on any atom is -0.261 e. The summed E-state index contributed by atoms with van der Waals surface area (Å²) in [7, 11) is 0. The SMILES string of the molecule is FC(F)(F)c1cc(C(F)(F)F)c2ccc(N/N=C\c3ccccc3)nc2n1. The Hall–Kier alpha value is -3.17. The average Bonchev–Trinajstić information content (AvgIpc) is 2.60. The number of pyridine rings is 2. The van der Waals surface area contributed by atoms with E-state index in [-0.39, 0.29) is 11.9 Å². The summed E-state index contributed by atoms with van der Waals surface area (Å²) in [4.78, 5) is 6.94. The lowest BCUT2D eigenvalue weighted by Crippen LogP contribution is -2.14. The first-order valence-electron chi connectivity index (χ1n) is 7.45. The molecule has 3 aromatic rings. The first-order chi connectivity index (χ1) is 12.6. The number of hydrogen-bond acceptors (Lipinski definition) is 4. The monoisotopic (exact) mass is 384 g/mol. The standard InChI is InChI=1S/C17H10F6N4/c18-16(19,20)12-8-13(17(21,22)23)25-15-11(12)6-7-14(26-15)27-24-9-10-4-2-1-3-5-10/h1-9H,(H,25,26,27)/b24-9-. The van der Waals surface area contributed by atoms with Crippen LogP contribution in [0.3, 0.4) is 0 Å². The lowest BCUT2D eigenvalue weighted by atomic mass is 10.1. The number of nitrogens with zero attached hydrogens (tertiary/aromatic N) is 3. The van der Waals surface area contributed by atoms with E-state index in [4.69, 9.17) is 0 Å². The van der Waals surface area contributed by atoms with Crippen molar-refractivity contribution in [1.82, 2.24) is 9.97 Å². The molecular formula is C17H10F6N4. The lowest BCUT2D eigenvalue weighted by Gasteiger charge is -2.14. The second-order valence-electron chi connectivity index (χ2n) is 5.40. The Bertz CT molecular complexity index is 980. The molecule has 0 fully saturated rings. The van der Waals surface area contributed by atoms with Gasteiger partial charge in [-0.3, -0.25) is 5.43 Å². The van der Waals surface area contributed by atoms with E-state index in [1.807, 2.05) is 0 Å². The Labute approximate surface area is 148 Å². The van der Waals surface area contributed by atoms with Gasteiger partial charge in [-0.1, -0.05) is 30.3 Å². The molecule has 0 aliphatic heterocycles. The van der Waals surface area contributed by atoms with Gasteiger partial charge in [0.2, 0.25) is 0 Å². The van der Waals surface area contributed by atoms with E-state index in [1.54, 1.807) is 30.3 Å². The van der Waals surface area contributed by atoms with E-state index in [0.29, 0.717) is 0 Å². The Morgan fingerprint density at radius 3 is 2.19 bits per heavy atom. The van der Waals surface area contributed by atoms with Gasteiger partial charge in [0.1, 0.15) is 11.5 Å². The van der Waals surface area contributed by atoms with Crippen molar-refractivity contribution in [3.05, 3.63) is 65.4 Å². The summed E-state index contributed by atoms with van der Waals surface area (Å²) in [5.74, 6) is -0.0466. The number of nitrogens with one attached hydrogen (secondary N) is 1. The fraction of sp³-hybridized carbons (Fsp3) is 0.118. The predicted molar refractivity (Wildman–Crippen MR) is 87.2 cm³/mol. The van der Waals surface area contributed by atoms with Gasteiger partial charge < -0.3 is 0 Å². The van der Waals surface area contributed by atoms with Crippen molar-refractivity contribution in [2.45, 2.75) is 12.4 Å². The van der Waals surface area contributed by atoms with Crippen LogP contribution in [-0.2, 0) is 12.4 Å². The molecule has 0 aliphatic carbocycles. The van der Waals surface area contributed by atoms with E-state index in [1.165, 1.54) is 12.3 Å². The zero-order chi connectivity index (χ0) is 19.7. The van der Waals surface area contributed by atoms with Crippen LogP contribution in [-0.4, -0.2) is 16.2 Å². The molecule has 0 radical (unpaired) electrons. The minimum atomic E-state index is -5.04. The van der Waals surface area contributed by atoms with Gasteiger partial charge in [-0.15, -0.1) is 0 Å². The van der Waals surface area contributed by atoms with Gasteiger partial charge >= 0.3 is 12.4 Å². The van der Waals surface area contributed by atoms with Crippen LogP contribution in [0.4, 0.5) is 32.2 Å². The van der Waals surface area contributed by atoms with Gasteiger partial charge in [0.15, 0.2) is 5.65 Å².